The predicted molar refractivity (Wildman–Crippen MR) is 110 cm³/mol. The summed E-state index contributed by atoms with van der Waals surface area (Å²) in [5, 5.41) is 6.59. The fraction of sp³-hybridized carbons (Fsp3) is 0.294. The summed E-state index contributed by atoms with van der Waals surface area (Å²) in [6.07, 6.45) is 3.90. The van der Waals surface area contributed by atoms with Gasteiger partial charge >= 0.3 is 0 Å². The van der Waals surface area contributed by atoms with Crippen LogP contribution in [-0.2, 0) is 13.0 Å². The first-order valence-electron chi connectivity index (χ1n) is 7.37. The van der Waals surface area contributed by atoms with Crippen LogP contribution in [-0.4, -0.2) is 24.5 Å². The molecule has 2 N–H and O–H groups in total. The summed E-state index contributed by atoms with van der Waals surface area (Å²) in [5.74, 6) is 0.805. The molecule has 0 atom stereocenters. The second-order valence-corrected chi connectivity index (χ2v) is 5.82. The molecular weight excluding hydrogens is 467 g/mol. The van der Waals surface area contributed by atoms with E-state index in [0.29, 0.717) is 6.54 Å². The van der Waals surface area contributed by atoms with E-state index in [4.69, 9.17) is 0 Å². The molecule has 23 heavy (non-hydrogen) atoms. The quantitative estimate of drug-likeness (QED) is 0.281. The number of hydrogen-bond donors (Lipinski definition) is 2. The molecule has 0 unspecified atom stereocenters. The van der Waals surface area contributed by atoms with Gasteiger partial charge in [-0.15, -0.1) is 24.0 Å². The standard InChI is InChI=1S/C17H21BrN4.HI/c1-19-17(22-13-16-9-2-3-10-20-16)21-11-5-7-14-6-4-8-15(18)12-14;/h2-4,6,8-10,12H,5,7,11,13H2,1H3,(H2,19,21,22);1H. The van der Waals surface area contributed by atoms with Crippen LogP contribution < -0.4 is 10.6 Å². The van der Waals surface area contributed by atoms with Gasteiger partial charge in [0, 0.05) is 24.3 Å². The Labute approximate surface area is 163 Å². The van der Waals surface area contributed by atoms with Crippen molar-refractivity contribution >= 4 is 45.9 Å². The summed E-state index contributed by atoms with van der Waals surface area (Å²) in [4.78, 5) is 8.50. The minimum absolute atomic E-state index is 0. The van der Waals surface area contributed by atoms with E-state index in [0.717, 1.165) is 35.5 Å². The molecule has 0 aliphatic rings. The predicted octanol–water partition coefficient (Wildman–Crippen LogP) is 3.76. The van der Waals surface area contributed by atoms with Crippen molar-refractivity contribution in [3.63, 3.8) is 0 Å². The fourth-order valence-corrected chi connectivity index (χ4v) is 2.54. The van der Waals surface area contributed by atoms with E-state index in [2.05, 4.69) is 54.7 Å². The number of pyridine rings is 1. The molecule has 0 radical (unpaired) electrons. The molecule has 0 aliphatic carbocycles. The zero-order valence-corrected chi connectivity index (χ0v) is 17.0. The van der Waals surface area contributed by atoms with Gasteiger partial charge in [-0.1, -0.05) is 34.1 Å². The molecule has 6 heteroatoms. The van der Waals surface area contributed by atoms with E-state index in [1.807, 2.05) is 24.3 Å². The van der Waals surface area contributed by atoms with Gasteiger partial charge < -0.3 is 10.6 Å². The fourth-order valence-electron chi connectivity index (χ4n) is 2.09. The first-order valence-corrected chi connectivity index (χ1v) is 8.16. The molecule has 4 nitrogen and oxygen atoms in total. The van der Waals surface area contributed by atoms with Gasteiger partial charge in [-0.05, 0) is 42.7 Å². The van der Waals surface area contributed by atoms with Gasteiger partial charge in [0.1, 0.15) is 0 Å². The molecule has 0 fully saturated rings. The molecule has 0 amide bonds. The number of rotatable bonds is 6. The molecule has 0 aliphatic heterocycles. The summed E-state index contributed by atoms with van der Waals surface area (Å²) in [6.45, 7) is 1.56. The van der Waals surface area contributed by atoms with Gasteiger partial charge in [-0.2, -0.15) is 0 Å². The van der Waals surface area contributed by atoms with Crippen LogP contribution in [0.3, 0.4) is 0 Å². The summed E-state index contributed by atoms with van der Waals surface area (Å²) < 4.78 is 1.13. The lowest BCUT2D eigenvalue weighted by Gasteiger charge is -2.11. The highest BCUT2D eigenvalue weighted by Gasteiger charge is 1.99. The smallest absolute Gasteiger partial charge is 0.191 e. The normalized spacial score (nSPS) is 10.8. The molecule has 0 bridgehead atoms. The molecular formula is C17H22BrIN4. The molecule has 0 spiro atoms. The Morgan fingerprint density at radius 3 is 2.74 bits per heavy atom. The zero-order valence-electron chi connectivity index (χ0n) is 13.1. The van der Waals surface area contributed by atoms with Crippen LogP contribution in [0.1, 0.15) is 17.7 Å². The van der Waals surface area contributed by atoms with Crippen molar-refractivity contribution in [3.05, 3.63) is 64.4 Å². The molecule has 0 saturated heterocycles. The second kappa shape index (κ2) is 11.4. The maximum absolute atomic E-state index is 4.28. The zero-order chi connectivity index (χ0) is 15.6. The van der Waals surface area contributed by atoms with E-state index < -0.39 is 0 Å². The van der Waals surface area contributed by atoms with Crippen LogP contribution in [0.2, 0.25) is 0 Å². The van der Waals surface area contributed by atoms with Crippen molar-refractivity contribution in [3.8, 4) is 0 Å². The third kappa shape index (κ3) is 7.78. The number of aliphatic imine (C=N–C) groups is 1. The van der Waals surface area contributed by atoms with E-state index >= 15 is 0 Å². The van der Waals surface area contributed by atoms with Crippen LogP contribution in [0.15, 0.2) is 58.1 Å². The van der Waals surface area contributed by atoms with Crippen LogP contribution in [0.5, 0.6) is 0 Å². The van der Waals surface area contributed by atoms with Crippen LogP contribution >= 0.6 is 39.9 Å². The number of aromatic nitrogens is 1. The Hall–Kier alpha value is -1.15. The maximum atomic E-state index is 4.28. The van der Waals surface area contributed by atoms with Crippen molar-refractivity contribution in [2.75, 3.05) is 13.6 Å². The number of nitrogens with zero attached hydrogens (tertiary/aromatic N) is 2. The van der Waals surface area contributed by atoms with Crippen molar-refractivity contribution in [1.29, 1.82) is 0 Å². The van der Waals surface area contributed by atoms with Gasteiger partial charge in [-0.3, -0.25) is 9.98 Å². The van der Waals surface area contributed by atoms with Crippen LogP contribution in [0.25, 0.3) is 0 Å². The average molecular weight is 489 g/mol. The lowest BCUT2D eigenvalue weighted by molar-refractivity contribution is 0.738. The van der Waals surface area contributed by atoms with Crippen LogP contribution in [0, 0.1) is 0 Å². The van der Waals surface area contributed by atoms with Gasteiger partial charge in [0.2, 0.25) is 0 Å². The number of aryl methyl sites for hydroxylation is 1. The van der Waals surface area contributed by atoms with E-state index in [1.54, 1.807) is 13.2 Å². The lowest BCUT2D eigenvalue weighted by Crippen LogP contribution is -2.37. The Morgan fingerprint density at radius 1 is 1.17 bits per heavy atom. The maximum Gasteiger partial charge on any atom is 0.191 e. The van der Waals surface area contributed by atoms with Gasteiger partial charge in [0.25, 0.3) is 0 Å². The van der Waals surface area contributed by atoms with Gasteiger partial charge in [0.15, 0.2) is 5.96 Å². The summed E-state index contributed by atoms with van der Waals surface area (Å²) in [5.41, 5.74) is 2.34. The van der Waals surface area contributed by atoms with Crippen molar-refractivity contribution < 1.29 is 0 Å². The third-order valence-corrected chi connectivity index (χ3v) is 3.70. The minimum Gasteiger partial charge on any atom is -0.356 e. The lowest BCUT2D eigenvalue weighted by atomic mass is 10.1. The third-order valence-electron chi connectivity index (χ3n) is 3.21. The Morgan fingerprint density at radius 2 is 2.04 bits per heavy atom. The largest absolute Gasteiger partial charge is 0.356 e. The number of benzene rings is 1. The van der Waals surface area contributed by atoms with Crippen LogP contribution in [0.4, 0.5) is 0 Å². The summed E-state index contributed by atoms with van der Waals surface area (Å²) in [6, 6.07) is 14.3. The Bertz CT molecular complexity index is 605. The Kier molecular flexibility index (Phi) is 9.86. The van der Waals surface area contributed by atoms with E-state index in [9.17, 15) is 0 Å². The highest BCUT2D eigenvalue weighted by molar-refractivity contribution is 14.0. The summed E-state index contributed by atoms with van der Waals surface area (Å²) >= 11 is 3.50. The van der Waals surface area contributed by atoms with E-state index in [1.165, 1.54) is 5.56 Å². The highest BCUT2D eigenvalue weighted by atomic mass is 127. The molecule has 1 heterocycles. The average Bonchev–Trinajstić information content (AvgIpc) is 2.55. The minimum atomic E-state index is 0. The number of halogens is 2. The van der Waals surface area contributed by atoms with Gasteiger partial charge in [-0.25, -0.2) is 0 Å². The molecule has 1 aromatic heterocycles. The molecule has 0 saturated carbocycles. The first kappa shape index (κ1) is 19.9. The highest BCUT2D eigenvalue weighted by Crippen LogP contribution is 2.12. The van der Waals surface area contributed by atoms with Crippen molar-refractivity contribution in [2.45, 2.75) is 19.4 Å². The molecule has 2 rings (SSSR count). The molecule has 124 valence electrons. The topological polar surface area (TPSA) is 49.3 Å². The number of nitrogens with one attached hydrogen (secondary N) is 2. The van der Waals surface area contributed by atoms with Crippen molar-refractivity contribution in [1.82, 2.24) is 15.6 Å². The number of hydrogen-bond acceptors (Lipinski definition) is 2. The Balaban J connectivity index is 0.00000264. The monoisotopic (exact) mass is 488 g/mol. The van der Waals surface area contributed by atoms with E-state index in [-0.39, 0.29) is 24.0 Å². The molecule has 1 aromatic carbocycles. The molecule has 2 aromatic rings. The second-order valence-electron chi connectivity index (χ2n) is 4.91. The SMILES string of the molecule is CN=C(NCCCc1cccc(Br)c1)NCc1ccccn1.I. The van der Waals surface area contributed by atoms with Crippen molar-refractivity contribution in [2.24, 2.45) is 4.99 Å². The van der Waals surface area contributed by atoms with Gasteiger partial charge in [0.05, 0.1) is 12.2 Å². The number of guanidine groups is 1. The summed E-state index contributed by atoms with van der Waals surface area (Å²) in [7, 11) is 1.78. The first-order chi connectivity index (χ1) is 10.8.